The van der Waals surface area contributed by atoms with Crippen LogP contribution in [0.4, 0.5) is 0 Å². The highest BCUT2D eigenvalue weighted by Gasteiger charge is 2.11. The van der Waals surface area contributed by atoms with Gasteiger partial charge in [-0.3, -0.25) is 4.79 Å². The summed E-state index contributed by atoms with van der Waals surface area (Å²) in [5.41, 5.74) is 1.22. The summed E-state index contributed by atoms with van der Waals surface area (Å²) < 4.78 is 10.2. The molecule has 26 heavy (non-hydrogen) atoms. The second kappa shape index (κ2) is 10.5. The quantitative estimate of drug-likeness (QED) is 0.682. The molecule has 2 rings (SSSR count). The number of hydrogen-bond donors (Lipinski definition) is 1. The van der Waals surface area contributed by atoms with Crippen LogP contribution in [0.3, 0.4) is 0 Å². The molecule has 0 aliphatic carbocycles. The van der Waals surface area contributed by atoms with Gasteiger partial charge in [-0.2, -0.15) is 0 Å². The molecule has 0 heterocycles. The molecule has 2 aromatic rings. The fraction of sp³-hybridized carbons (Fsp3) is 0.300. The van der Waals surface area contributed by atoms with Crippen LogP contribution in [0.5, 0.6) is 5.75 Å². The van der Waals surface area contributed by atoms with Crippen LogP contribution in [-0.2, 0) is 20.7 Å². The minimum absolute atomic E-state index is 0.0101. The maximum Gasteiger partial charge on any atom is 0.344 e. The lowest BCUT2D eigenvalue weighted by atomic mass is 10.1. The van der Waals surface area contributed by atoms with Crippen molar-refractivity contribution < 1.29 is 19.1 Å². The highest BCUT2D eigenvalue weighted by Crippen LogP contribution is 2.16. The van der Waals surface area contributed by atoms with Gasteiger partial charge in [0.2, 0.25) is 0 Å². The zero-order chi connectivity index (χ0) is 18.8. The van der Waals surface area contributed by atoms with Gasteiger partial charge in [-0.15, -0.1) is 0 Å². The molecule has 0 saturated heterocycles. The van der Waals surface area contributed by atoms with Gasteiger partial charge >= 0.3 is 5.97 Å². The maximum absolute atomic E-state index is 11.8. The fourth-order valence-electron chi connectivity index (χ4n) is 2.30. The Kier molecular flexibility index (Phi) is 7.96. The summed E-state index contributed by atoms with van der Waals surface area (Å²) in [6.45, 7) is 1.31. The number of benzene rings is 2. The van der Waals surface area contributed by atoms with Crippen molar-refractivity contribution in [2.24, 2.45) is 0 Å². The van der Waals surface area contributed by atoms with Crippen molar-refractivity contribution in [1.29, 1.82) is 0 Å². The van der Waals surface area contributed by atoms with Gasteiger partial charge in [0.15, 0.2) is 13.2 Å². The summed E-state index contributed by atoms with van der Waals surface area (Å²) in [7, 11) is 0. The molecule has 0 spiro atoms. The van der Waals surface area contributed by atoms with Crippen LogP contribution in [0.15, 0.2) is 54.6 Å². The summed E-state index contributed by atoms with van der Waals surface area (Å²) in [4.78, 5) is 23.5. The second-order valence-corrected chi connectivity index (χ2v) is 6.34. The van der Waals surface area contributed by atoms with Gasteiger partial charge in [-0.25, -0.2) is 4.79 Å². The molecule has 0 aliphatic rings. The van der Waals surface area contributed by atoms with Crippen molar-refractivity contribution in [2.45, 2.75) is 25.8 Å². The molecule has 1 atom stereocenters. The first-order valence-electron chi connectivity index (χ1n) is 8.40. The molecule has 138 valence electrons. The van der Waals surface area contributed by atoms with E-state index in [1.165, 1.54) is 5.56 Å². The third-order valence-electron chi connectivity index (χ3n) is 3.63. The van der Waals surface area contributed by atoms with Crippen molar-refractivity contribution in [3.63, 3.8) is 0 Å². The average molecular weight is 376 g/mol. The zero-order valence-electron chi connectivity index (χ0n) is 14.6. The molecule has 1 unspecified atom stereocenters. The number of amides is 1. The lowest BCUT2D eigenvalue weighted by Gasteiger charge is -2.14. The number of hydrogen-bond acceptors (Lipinski definition) is 4. The lowest BCUT2D eigenvalue weighted by Crippen LogP contribution is -2.36. The molecule has 1 amide bonds. The van der Waals surface area contributed by atoms with Crippen LogP contribution in [0.25, 0.3) is 0 Å². The van der Waals surface area contributed by atoms with E-state index < -0.39 is 5.97 Å². The third kappa shape index (κ3) is 7.57. The highest BCUT2D eigenvalue weighted by molar-refractivity contribution is 6.30. The van der Waals surface area contributed by atoms with E-state index in [2.05, 4.69) is 17.4 Å². The molecule has 0 aromatic heterocycles. The summed E-state index contributed by atoms with van der Waals surface area (Å²) in [5.74, 6) is -0.479. The number of aryl methyl sites for hydroxylation is 1. The minimum Gasteiger partial charge on any atom is -0.482 e. The number of halogens is 1. The standard InChI is InChI=1S/C20H22ClNO4/c1-15(10-11-16-6-3-2-4-7-16)22-19(23)13-26-20(24)14-25-18-9-5-8-17(21)12-18/h2-9,12,15H,10-11,13-14H2,1H3,(H,22,23). The Morgan fingerprint density at radius 3 is 2.58 bits per heavy atom. The Morgan fingerprint density at radius 1 is 1.08 bits per heavy atom. The molecule has 0 aliphatic heterocycles. The van der Waals surface area contributed by atoms with Crippen molar-refractivity contribution in [1.82, 2.24) is 5.32 Å². The number of esters is 1. The van der Waals surface area contributed by atoms with Crippen LogP contribution in [0.2, 0.25) is 5.02 Å². The van der Waals surface area contributed by atoms with Crippen molar-refractivity contribution >= 4 is 23.5 Å². The first kappa shape index (κ1) is 19.8. The van der Waals surface area contributed by atoms with E-state index in [-0.39, 0.29) is 25.2 Å². The first-order valence-corrected chi connectivity index (χ1v) is 8.78. The lowest BCUT2D eigenvalue weighted by molar-refractivity contribution is -0.150. The van der Waals surface area contributed by atoms with Gasteiger partial charge in [0.1, 0.15) is 5.75 Å². The van der Waals surface area contributed by atoms with Gasteiger partial charge in [-0.05, 0) is 43.5 Å². The minimum atomic E-state index is -0.614. The van der Waals surface area contributed by atoms with Crippen LogP contribution < -0.4 is 10.1 Å². The average Bonchev–Trinajstić information content (AvgIpc) is 2.64. The Bertz CT molecular complexity index is 721. The summed E-state index contributed by atoms with van der Waals surface area (Å²) in [6, 6.07) is 16.7. The number of ether oxygens (including phenoxy) is 2. The smallest absolute Gasteiger partial charge is 0.344 e. The first-order chi connectivity index (χ1) is 12.5. The van der Waals surface area contributed by atoms with Gasteiger partial charge in [-0.1, -0.05) is 48.0 Å². The molecule has 0 fully saturated rings. The van der Waals surface area contributed by atoms with E-state index in [0.717, 1.165) is 12.8 Å². The largest absolute Gasteiger partial charge is 0.482 e. The molecule has 0 bridgehead atoms. The maximum atomic E-state index is 11.8. The Balaban J connectivity index is 1.62. The molecule has 0 radical (unpaired) electrons. The highest BCUT2D eigenvalue weighted by atomic mass is 35.5. The topological polar surface area (TPSA) is 64.6 Å². The van der Waals surface area contributed by atoms with Crippen LogP contribution in [-0.4, -0.2) is 31.1 Å². The monoisotopic (exact) mass is 375 g/mol. The molecular formula is C20H22ClNO4. The van der Waals surface area contributed by atoms with Gasteiger partial charge < -0.3 is 14.8 Å². The number of nitrogens with one attached hydrogen (secondary N) is 1. The predicted octanol–water partition coefficient (Wildman–Crippen LogP) is 3.40. The van der Waals surface area contributed by atoms with Gasteiger partial charge in [0, 0.05) is 11.1 Å². The van der Waals surface area contributed by atoms with Crippen LogP contribution in [0, 0.1) is 0 Å². The Labute approximate surface area is 158 Å². The summed E-state index contributed by atoms with van der Waals surface area (Å²) >= 11 is 5.83. The van der Waals surface area contributed by atoms with Gasteiger partial charge in [0.25, 0.3) is 5.91 Å². The molecule has 6 heteroatoms. The Hall–Kier alpha value is -2.53. The fourth-order valence-corrected chi connectivity index (χ4v) is 2.48. The zero-order valence-corrected chi connectivity index (χ0v) is 15.4. The van der Waals surface area contributed by atoms with Crippen molar-refractivity contribution in [2.75, 3.05) is 13.2 Å². The van der Waals surface area contributed by atoms with Crippen molar-refractivity contribution in [3.8, 4) is 5.75 Å². The number of rotatable bonds is 9. The molecule has 0 saturated carbocycles. The molecular weight excluding hydrogens is 354 g/mol. The molecule has 1 N–H and O–H groups in total. The SMILES string of the molecule is CC(CCc1ccccc1)NC(=O)COC(=O)COc1cccc(Cl)c1. The third-order valence-corrected chi connectivity index (χ3v) is 3.87. The number of carbonyl (C=O) groups excluding carboxylic acids is 2. The molecule has 2 aromatic carbocycles. The Morgan fingerprint density at radius 2 is 1.85 bits per heavy atom. The van der Waals surface area contributed by atoms with E-state index in [1.54, 1.807) is 24.3 Å². The van der Waals surface area contributed by atoms with E-state index in [9.17, 15) is 9.59 Å². The summed E-state index contributed by atoms with van der Waals surface area (Å²) in [5, 5.41) is 3.33. The predicted molar refractivity (Wildman–Crippen MR) is 100 cm³/mol. The van der Waals surface area contributed by atoms with E-state index in [4.69, 9.17) is 21.1 Å². The van der Waals surface area contributed by atoms with Crippen LogP contribution in [0.1, 0.15) is 18.9 Å². The van der Waals surface area contributed by atoms with E-state index in [0.29, 0.717) is 10.8 Å². The number of carbonyl (C=O) groups is 2. The normalized spacial score (nSPS) is 11.5. The van der Waals surface area contributed by atoms with Gasteiger partial charge in [0.05, 0.1) is 0 Å². The second-order valence-electron chi connectivity index (χ2n) is 5.90. The van der Waals surface area contributed by atoms with Crippen molar-refractivity contribution in [3.05, 3.63) is 65.2 Å². The molecule has 5 nitrogen and oxygen atoms in total. The van der Waals surface area contributed by atoms with Crippen LogP contribution >= 0.6 is 11.6 Å². The van der Waals surface area contributed by atoms with E-state index in [1.807, 2.05) is 25.1 Å². The summed E-state index contributed by atoms with van der Waals surface area (Å²) in [6.07, 6.45) is 1.68. The van der Waals surface area contributed by atoms with E-state index >= 15 is 0 Å².